The third kappa shape index (κ3) is 4.27. The SMILES string of the molecule is Cc1ccc2nc3c(nc2c1)N(c1cccc2ccccc12)c1nc2cc(C(F)(F)F)ccc2nc1N3c1cccc2ccccc12. The van der Waals surface area contributed by atoms with Crippen molar-refractivity contribution in [2.24, 2.45) is 0 Å². The summed E-state index contributed by atoms with van der Waals surface area (Å²) in [4.78, 5) is 24.2. The Bertz CT molecular complexity index is 2550. The lowest BCUT2D eigenvalue weighted by Gasteiger charge is -2.37. The summed E-state index contributed by atoms with van der Waals surface area (Å²) in [7, 11) is 0. The van der Waals surface area contributed by atoms with E-state index in [0.717, 1.165) is 50.6 Å². The molecule has 0 N–H and O–H groups in total. The largest absolute Gasteiger partial charge is 0.416 e. The van der Waals surface area contributed by atoms with Crippen molar-refractivity contribution in [3.63, 3.8) is 0 Å². The molecule has 0 spiro atoms. The maximum Gasteiger partial charge on any atom is 0.416 e. The van der Waals surface area contributed by atoms with E-state index in [9.17, 15) is 13.2 Å². The van der Waals surface area contributed by atoms with Crippen LogP contribution in [0, 0.1) is 6.92 Å². The number of nitrogens with zero attached hydrogens (tertiary/aromatic N) is 6. The molecule has 0 atom stereocenters. The Balaban J connectivity index is 1.44. The van der Waals surface area contributed by atoms with Gasteiger partial charge in [-0.05, 0) is 65.7 Å². The van der Waals surface area contributed by atoms with Gasteiger partial charge in [0.2, 0.25) is 0 Å². The summed E-state index contributed by atoms with van der Waals surface area (Å²) in [6.45, 7) is 2.00. The van der Waals surface area contributed by atoms with E-state index in [2.05, 4.69) is 0 Å². The van der Waals surface area contributed by atoms with E-state index >= 15 is 0 Å². The van der Waals surface area contributed by atoms with Gasteiger partial charge in [0.1, 0.15) is 0 Å². The van der Waals surface area contributed by atoms with Crippen molar-refractivity contribution < 1.29 is 13.2 Å². The molecule has 9 rings (SSSR count). The molecule has 9 heteroatoms. The molecular weight excluding hydrogens is 597 g/mol. The lowest BCUT2D eigenvalue weighted by Crippen LogP contribution is -2.28. The Kier molecular flexibility index (Phi) is 5.77. The van der Waals surface area contributed by atoms with Gasteiger partial charge in [0.25, 0.3) is 0 Å². The van der Waals surface area contributed by atoms with Crippen molar-refractivity contribution in [1.82, 2.24) is 19.9 Å². The molecule has 0 aliphatic carbocycles. The number of aromatic nitrogens is 4. The van der Waals surface area contributed by atoms with Gasteiger partial charge in [0.15, 0.2) is 23.3 Å². The van der Waals surface area contributed by atoms with Crippen LogP contribution in [-0.2, 0) is 6.18 Å². The van der Waals surface area contributed by atoms with Gasteiger partial charge in [-0.15, -0.1) is 0 Å². The minimum Gasteiger partial charge on any atom is -0.272 e. The van der Waals surface area contributed by atoms with Gasteiger partial charge >= 0.3 is 6.18 Å². The van der Waals surface area contributed by atoms with Crippen LogP contribution in [0.25, 0.3) is 43.6 Å². The molecule has 3 heterocycles. The fourth-order valence-corrected chi connectivity index (χ4v) is 6.42. The Labute approximate surface area is 266 Å². The van der Waals surface area contributed by atoms with Crippen molar-refractivity contribution in [3.8, 4) is 0 Å². The fourth-order valence-electron chi connectivity index (χ4n) is 6.42. The molecule has 6 nitrogen and oxygen atoms in total. The van der Waals surface area contributed by atoms with E-state index < -0.39 is 11.7 Å². The summed E-state index contributed by atoms with van der Waals surface area (Å²) >= 11 is 0. The predicted octanol–water partition coefficient (Wildman–Crippen LogP) is 10.5. The third-order valence-corrected chi connectivity index (χ3v) is 8.60. The van der Waals surface area contributed by atoms with E-state index in [4.69, 9.17) is 19.9 Å². The highest BCUT2D eigenvalue weighted by atomic mass is 19.4. The molecule has 0 saturated heterocycles. The van der Waals surface area contributed by atoms with Crippen LogP contribution >= 0.6 is 0 Å². The Morgan fingerprint density at radius 1 is 0.468 bits per heavy atom. The van der Waals surface area contributed by atoms with Crippen LogP contribution in [0.1, 0.15) is 11.1 Å². The summed E-state index contributed by atoms with van der Waals surface area (Å²) in [5.74, 6) is 1.78. The molecule has 47 heavy (non-hydrogen) atoms. The van der Waals surface area contributed by atoms with Crippen LogP contribution in [0.15, 0.2) is 121 Å². The molecule has 0 unspecified atom stereocenters. The van der Waals surface area contributed by atoms with E-state index in [0.29, 0.717) is 39.8 Å². The van der Waals surface area contributed by atoms with E-state index in [1.165, 1.54) is 6.07 Å². The number of benzene rings is 6. The zero-order valence-electron chi connectivity index (χ0n) is 24.9. The number of aryl methyl sites for hydroxylation is 1. The first-order valence-corrected chi connectivity index (χ1v) is 15.1. The van der Waals surface area contributed by atoms with Crippen molar-refractivity contribution >= 4 is 78.3 Å². The topological polar surface area (TPSA) is 58.0 Å². The number of halogens is 3. The summed E-state index contributed by atoms with van der Waals surface area (Å²) < 4.78 is 41.7. The molecule has 2 aromatic heterocycles. The standard InChI is InChI=1S/C38H23F3N6/c1-22-16-18-28-30(20-22)44-36-34(42-28)46(32-14-6-10-23-8-2-4-12-26(23)32)35-37(45-31-21-25(38(39,40)41)17-19-29(31)43-35)47(36)33-15-7-11-24-9-3-5-13-27(24)33/h2-21H,1H3. The van der Waals surface area contributed by atoms with Crippen LogP contribution in [0.5, 0.6) is 0 Å². The zero-order chi connectivity index (χ0) is 31.9. The molecule has 0 fully saturated rings. The Morgan fingerprint density at radius 2 is 0.915 bits per heavy atom. The van der Waals surface area contributed by atoms with Gasteiger partial charge < -0.3 is 0 Å². The minimum atomic E-state index is -4.54. The molecule has 0 amide bonds. The molecule has 1 aliphatic rings. The zero-order valence-corrected chi connectivity index (χ0v) is 24.9. The average molecular weight is 621 g/mol. The van der Waals surface area contributed by atoms with Crippen LogP contribution < -0.4 is 9.80 Å². The molecule has 0 saturated carbocycles. The Hall–Kier alpha value is -6.09. The number of fused-ring (bicyclic) bond motifs is 6. The number of anilines is 6. The van der Waals surface area contributed by atoms with Crippen LogP contribution in [0.4, 0.5) is 47.8 Å². The highest BCUT2D eigenvalue weighted by molar-refractivity contribution is 6.08. The lowest BCUT2D eigenvalue weighted by atomic mass is 10.1. The summed E-state index contributed by atoms with van der Waals surface area (Å²) in [6.07, 6.45) is -4.54. The summed E-state index contributed by atoms with van der Waals surface area (Å²) in [5, 5.41) is 3.87. The molecular formula is C38H23F3N6. The van der Waals surface area contributed by atoms with Gasteiger partial charge in [-0.1, -0.05) is 78.9 Å². The third-order valence-electron chi connectivity index (χ3n) is 8.60. The highest BCUT2D eigenvalue weighted by Gasteiger charge is 2.38. The smallest absolute Gasteiger partial charge is 0.272 e. The Morgan fingerprint density at radius 3 is 1.45 bits per heavy atom. The fraction of sp³-hybridized carbons (Fsp3) is 0.0526. The van der Waals surface area contributed by atoms with E-state index in [-0.39, 0.29) is 5.52 Å². The summed E-state index contributed by atoms with van der Waals surface area (Å²) in [5.41, 5.74) is 3.61. The lowest BCUT2D eigenvalue weighted by molar-refractivity contribution is -0.137. The molecule has 226 valence electrons. The van der Waals surface area contributed by atoms with E-state index in [1.54, 1.807) is 0 Å². The predicted molar refractivity (Wildman–Crippen MR) is 180 cm³/mol. The van der Waals surface area contributed by atoms with Crippen molar-refractivity contribution in [1.29, 1.82) is 0 Å². The molecule has 1 aliphatic heterocycles. The second-order valence-corrected chi connectivity index (χ2v) is 11.6. The normalized spacial score (nSPS) is 13.0. The maximum absolute atomic E-state index is 13.9. The molecule has 8 aromatic rings. The first-order chi connectivity index (χ1) is 22.8. The van der Waals surface area contributed by atoms with Gasteiger partial charge in [0.05, 0.1) is 39.0 Å². The maximum atomic E-state index is 13.9. The van der Waals surface area contributed by atoms with Gasteiger partial charge in [0, 0.05) is 10.8 Å². The van der Waals surface area contributed by atoms with Gasteiger partial charge in [-0.2, -0.15) is 13.2 Å². The van der Waals surface area contributed by atoms with E-state index in [1.807, 2.05) is 120 Å². The van der Waals surface area contributed by atoms with Gasteiger partial charge in [-0.25, -0.2) is 19.9 Å². The van der Waals surface area contributed by atoms with Crippen molar-refractivity contribution in [2.75, 3.05) is 9.80 Å². The first kappa shape index (κ1) is 27.2. The quantitative estimate of drug-likeness (QED) is 0.192. The molecule has 6 aromatic carbocycles. The number of hydrogen-bond donors (Lipinski definition) is 0. The van der Waals surface area contributed by atoms with Crippen molar-refractivity contribution in [2.45, 2.75) is 13.1 Å². The molecule has 0 bridgehead atoms. The van der Waals surface area contributed by atoms with Crippen LogP contribution in [-0.4, -0.2) is 19.9 Å². The average Bonchev–Trinajstić information content (AvgIpc) is 3.08. The number of alkyl halides is 3. The van der Waals surface area contributed by atoms with Gasteiger partial charge in [-0.3, -0.25) is 9.80 Å². The van der Waals surface area contributed by atoms with Crippen LogP contribution in [0.2, 0.25) is 0 Å². The number of rotatable bonds is 2. The monoisotopic (exact) mass is 620 g/mol. The number of hydrogen-bond acceptors (Lipinski definition) is 6. The molecule has 0 radical (unpaired) electrons. The minimum absolute atomic E-state index is 0.120. The van der Waals surface area contributed by atoms with Crippen LogP contribution in [0.3, 0.4) is 0 Å². The highest BCUT2D eigenvalue weighted by Crippen LogP contribution is 2.54. The second-order valence-electron chi connectivity index (χ2n) is 11.6. The summed E-state index contributed by atoms with van der Waals surface area (Å²) in [6, 6.07) is 37.3. The van der Waals surface area contributed by atoms with Crippen molar-refractivity contribution in [3.05, 3.63) is 132 Å². The second kappa shape index (κ2) is 9.95. The first-order valence-electron chi connectivity index (χ1n) is 15.1.